The van der Waals surface area contributed by atoms with Crippen molar-refractivity contribution >= 4 is 17.9 Å². The number of amides is 2. The third-order valence-corrected chi connectivity index (χ3v) is 3.81. The van der Waals surface area contributed by atoms with Crippen LogP contribution in [0.4, 0.5) is 0 Å². The van der Waals surface area contributed by atoms with Gasteiger partial charge < -0.3 is 9.80 Å². The number of nitrogens with zero attached hydrogens (tertiary/aromatic N) is 2. The van der Waals surface area contributed by atoms with Gasteiger partial charge in [0.25, 0.3) is 0 Å². The summed E-state index contributed by atoms with van der Waals surface area (Å²) in [7, 11) is 1.68. The predicted octanol–water partition coefficient (Wildman–Crippen LogP) is 1.78. The van der Waals surface area contributed by atoms with Crippen LogP contribution in [0.3, 0.4) is 0 Å². The van der Waals surface area contributed by atoms with Crippen LogP contribution in [0.2, 0.25) is 0 Å². The first-order valence-electron chi connectivity index (χ1n) is 6.81. The van der Waals surface area contributed by atoms with E-state index in [1.54, 1.807) is 25.8 Å². The average molecular weight is 272 g/mol. The van der Waals surface area contributed by atoms with E-state index in [0.29, 0.717) is 6.54 Å². The summed E-state index contributed by atoms with van der Waals surface area (Å²) < 4.78 is 0. The summed E-state index contributed by atoms with van der Waals surface area (Å²) in [5, 5.41) is 0. The maximum absolute atomic E-state index is 12.2. The van der Waals surface area contributed by atoms with Crippen LogP contribution in [0.25, 0.3) is 6.08 Å². The van der Waals surface area contributed by atoms with Crippen molar-refractivity contribution in [2.75, 3.05) is 13.6 Å². The molecule has 0 spiro atoms. The van der Waals surface area contributed by atoms with Crippen molar-refractivity contribution in [2.24, 2.45) is 0 Å². The number of hydrogen-bond acceptors (Lipinski definition) is 2. The lowest BCUT2D eigenvalue weighted by molar-refractivity contribution is -0.157. The molecule has 0 aromatic heterocycles. The lowest BCUT2D eigenvalue weighted by atomic mass is 10.1. The van der Waals surface area contributed by atoms with Gasteiger partial charge >= 0.3 is 0 Å². The van der Waals surface area contributed by atoms with Gasteiger partial charge in [-0.15, -0.1) is 0 Å². The molecular formula is C16H20N2O2. The number of carbonyl (C=O) groups excluding carboxylic acids is 2. The maximum atomic E-state index is 12.2. The molecule has 2 atom stereocenters. The molecular weight excluding hydrogens is 252 g/mol. The van der Waals surface area contributed by atoms with Gasteiger partial charge in [-0.25, -0.2) is 0 Å². The zero-order valence-corrected chi connectivity index (χ0v) is 12.1. The monoisotopic (exact) mass is 272 g/mol. The van der Waals surface area contributed by atoms with E-state index in [4.69, 9.17) is 0 Å². The summed E-state index contributed by atoms with van der Waals surface area (Å²) in [5.74, 6) is -0.0116. The summed E-state index contributed by atoms with van der Waals surface area (Å²) in [5.41, 5.74) is 1.08. The molecule has 1 heterocycles. The first-order valence-corrected chi connectivity index (χ1v) is 6.81. The Morgan fingerprint density at radius 1 is 1.05 bits per heavy atom. The van der Waals surface area contributed by atoms with E-state index >= 15 is 0 Å². The SMILES string of the molecule is C[C@H]1C(=O)N(CC=Cc2ccccc2)[C@@H](C)C(=O)N1C. The van der Waals surface area contributed by atoms with Gasteiger partial charge in [0, 0.05) is 13.6 Å². The molecule has 4 nitrogen and oxygen atoms in total. The molecule has 1 aliphatic rings. The van der Waals surface area contributed by atoms with E-state index in [9.17, 15) is 9.59 Å². The second kappa shape index (κ2) is 5.90. The highest BCUT2D eigenvalue weighted by Gasteiger charge is 2.38. The molecule has 1 aromatic rings. The zero-order valence-electron chi connectivity index (χ0n) is 12.1. The maximum Gasteiger partial charge on any atom is 0.246 e. The smallest absolute Gasteiger partial charge is 0.246 e. The van der Waals surface area contributed by atoms with Crippen LogP contribution < -0.4 is 0 Å². The van der Waals surface area contributed by atoms with Gasteiger partial charge in [0.05, 0.1) is 0 Å². The van der Waals surface area contributed by atoms with Gasteiger partial charge in [-0.05, 0) is 19.4 Å². The normalized spacial score (nSPS) is 23.8. The molecule has 2 amide bonds. The summed E-state index contributed by atoms with van der Waals surface area (Å²) in [6.45, 7) is 4.00. The Balaban J connectivity index is 2.06. The Labute approximate surface area is 119 Å². The van der Waals surface area contributed by atoms with Crippen molar-refractivity contribution in [1.82, 2.24) is 9.80 Å². The number of likely N-dealkylation sites (N-methyl/N-ethyl adjacent to an activating group) is 1. The van der Waals surface area contributed by atoms with Crippen molar-refractivity contribution < 1.29 is 9.59 Å². The summed E-state index contributed by atoms with van der Waals surface area (Å²) in [4.78, 5) is 27.4. The van der Waals surface area contributed by atoms with Crippen molar-refractivity contribution in [2.45, 2.75) is 25.9 Å². The van der Waals surface area contributed by atoms with Gasteiger partial charge in [0.15, 0.2) is 0 Å². The molecule has 20 heavy (non-hydrogen) atoms. The summed E-state index contributed by atoms with van der Waals surface area (Å²) >= 11 is 0. The van der Waals surface area contributed by atoms with E-state index in [2.05, 4.69) is 0 Å². The van der Waals surface area contributed by atoms with Crippen molar-refractivity contribution in [3.63, 3.8) is 0 Å². The quantitative estimate of drug-likeness (QED) is 0.841. The van der Waals surface area contributed by atoms with Crippen LogP contribution in [0, 0.1) is 0 Å². The van der Waals surface area contributed by atoms with E-state index in [-0.39, 0.29) is 17.9 Å². The fourth-order valence-electron chi connectivity index (χ4n) is 2.33. The highest BCUT2D eigenvalue weighted by atomic mass is 16.2. The first kappa shape index (κ1) is 14.3. The highest BCUT2D eigenvalue weighted by Crippen LogP contribution is 2.16. The molecule has 0 N–H and O–H groups in total. The second-order valence-corrected chi connectivity index (χ2v) is 5.10. The number of hydrogen-bond donors (Lipinski definition) is 0. The lowest BCUT2D eigenvalue weighted by Gasteiger charge is -2.40. The third-order valence-electron chi connectivity index (χ3n) is 3.81. The topological polar surface area (TPSA) is 40.6 Å². The molecule has 2 rings (SSSR count). The number of benzene rings is 1. The standard InChI is InChI=1S/C16H20N2O2/c1-12-16(20)18(13(2)15(19)17(12)3)11-7-10-14-8-5-4-6-9-14/h4-10,12-13H,11H2,1-3H3/t12-,13-/m0/s1. The van der Waals surface area contributed by atoms with Crippen molar-refractivity contribution in [3.05, 3.63) is 42.0 Å². The van der Waals surface area contributed by atoms with Crippen LogP contribution in [-0.4, -0.2) is 47.3 Å². The van der Waals surface area contributed by atoms with E-state index < -0.39 is 6.04 Å². The largest absolute Gasteiger partial charge is 0.332 e. The third kappa shape index (κ3) is 2.74. The van der Waals surface area contributed by atoms with Crippen LogP contribution in [-0.2, 0) is 9.59 Å². The van der Waals surface area contributed by atoms with Gasteiger partial charge in [0.1, 0.15) is 12.1 Å². The molecule has 0 saturated carbocycles. The van der Waals surface area contributed by atoms with Gasteiger partial charge in [0.2, 0.25) is 11.8 Å². The molecule has 0 unspecified atom stereocenters. The highest BCUT2D eigenvalue weighted by molar-refractivity contribution is 5.96. The Hall–Kier alpha value is -2.10. The molecule has 106 valence electrons. The number of piperazine rings is 1. The van der Waals surface area contributed by atoms with Crippen molar-refractivity contribution in [1.29, 1.82) is 0 Å². The Morgan fingerprint density at radius 2 is 1.70 bits per heavy atom. The molecule has 0 radical (unpaired) electrons. The average Bonchev–Trinajstić information content (AvgIpc) is 2.48. The molecule has 0 aliphatic carbocycles. The Kier molecular flexibility index (Phi) is 4.23. The predicted molar refractivity (Wildman–Crippen MR) is 78.9 cm³/mol. The van der Waals surface area contributed by atoms with Gasteiger partial charge in [-0.2, -0.15) is 0 Å². The minimum atomic E-state index is -0.399. The minimum absolute atomic E-state index is 0.00249. The lowest BCUT2D eigenvalue weighted by Crippen LogP contribution is -2.61. The molecule has 1 aromatic carbocycles. The van der Waals surface area contributed by atoms with Gasteiger partial charge in [-0.1, -0.05) is 42.5 Å². The molecule has 0 bridgehead atoms. The summed E-state index contributed by atoms with van der Waals surface area (Å²) in [6, 6.07) is 9.11. The van der Waals surface area contributed by atoms with Crippen LogP contribution in [0.5, 0.6) is 0 Å². The van der Waals surface area contributed by atoms with E-state index in [1.165, 1.54) is 4.90 Å². The minimum Gasteiger partial charge on any atom is -0.332 e. The fourth-order valence-corrected chi connectivity index (χ4v) is 2.33. The van der Waals surface area contributed by atoms with E-state index in [1.807, 2.05) is 42.5 Å². The van der Waals surface area contributed by atoms with E-state index in [0.717, 1.165) is 5.56 Å². The zero-order chi connectivity index (χ0) is 14.7. The molecule has 1 fully saturated rings. The Morgan fingerprint density at radius 3 is 2.35 bits per heavy atom. The second-order valence-electron chi connectivity index (χ2n) is 5.10. The molecule has 1 saturated heterocycles. The van der Waals surface area contributed by atoms with Gasteiger partial charge in [-0.3, -0.25) is 9.59 Å². The van der Waals surface area contributed by atoms with Crippen LogP contribution in [0.1, 0.15) is 19.4 Å². The Bertz CT molecular complexity index is 525. The summed E-state index contributed by atoms with van der Waals surface area (Å²) in [6.07, 6.45) is 3.89. The van der Waals surface area contributed by atoms with Crippen LogP contribution >= 0.6 is 0 Å². The number of carbonyl (C=O) groups is 2. The first-order chi connectivity index (χ1) is 9.52. The molecule has 4 heteroatoms. The molecule has 1 aliphatic heterocycles. The van der Waals surface area contributed by atoms with Crippen molar-refractivity contribution in [3.8, 4) is 0 Å². The fraction of sp³-hybridized carbons (Fsp3) is 0.375. The number of rotatable bonds is 3. The van der Waals surface area contributed by atoms with Crippen LogP contribution in [0.15, 0.2) is 36.4 Å².